The van der Waals surface area contributed by atoms with Crippen LogP contribution in [0.25, 0.3) is 22.8 Å². The van der Waals surface area contributed by atoms with Crippen LogP contribution in [0.3, 0.4) is 0 Å². The minimum atomic E-state index is 0.514. The fourth-order valence-corrected chi connectivity index (χ4v) is 2.67. The Bertz CT molecular complexity index is 801. The lowest BCUT2D eigenvalue weighted by atomic mass is 10.1. The summed E-state index contributed by atoms with van der Waals surface area (Å²) in [6.45, 7) is 7.53. The predicted molar refractivity (Wildman–Crippen MR) is 88.6 cm³/mol. The monoisotopic (exact) mass is 311 g/mol. The molecule has 3 aromatic rings. The number of hydrogen-bond acceptors (Lipinski definition) is 5. The Kier molecular flexibility index (Phi) is 4.25. The molecular weight excluding hydrogens is 290 g/mol. The number of aryl methyl sites for hydroxylation is 2. The molecule has 0 saturated carbocycles. The zero-order chi connectivity index (χ0) is 16.4. The van der Waals surface area contributed by atoms with Crippen molar-refractivity contribution >= 4 is 0 Å². The van der Waals surface area contributed by atoms with Gasteiger partial charge < -0.3 is 10.3 Å². The number of nitrogens with zero attached hydrogens (tertiary/aromatic N) is 4. The number of hydrogen-bond donors (Lipinski definition) is 1. The van der Waals surface area contributed by atoms with Crippen LogP contribution in [0, 0.1) is 13.8 Å². The third-order valence-electron chi connectivity index (χ3n) is 3.90. The second-order valence-electron chi connectivity index (χ2n) is 5.59. The first-order chi connectivity index (χ1) is 11.1. The van der Waals surface area contributed by atoms with Crippen LogP contribution >= 0.6 is 0 Å². The van der Waals surface area contributed by atoms with Gasteiger partial charge >= 0.3 is 0 Å². The van der Waals surface area contributed by atoms with E-state index in [4.69, 9.17) is 10.3 Å². The maximum absolute atomic E-state index is 5.62. The van der Waals surface area contributed by atoms with Crippen LogP contribution in [-0.2, 0) is 13.1 Å². The smallest absolute Gasteiger partial charge is 0.261 e. The molecule has 0 aliphatic carbocycles. The molecule has 23 heavy (non-hydrogen) atoms. The number of rotatable bonds is 5. The van der Waals surface area contributed by atoms with Gasteiger partial charge in [0.2, 0.25) is 5.82 Å². The summed E-state index contributed by atoms with van der Waals surface area (Å²) < 4.78 is 7.47. The van der Waals surface area contributed by atoms with Gasteiger partial charge in [-0.25, -0.2) is 0 Å². The number of benzene rings is 1. The molecule has 0 aliphatic rings. The molecule has 1 aromatic carbocycles. The molecule has 0 bridgehead atoms. The fraction of sp³-hybridized carbons (Fsp3) is 0.353. The number of nitrogens with two attached hydrogens (primary N) is 1. The van der Waals surface area contributed by atoms with E-state index in [1.165, 1.54) is 0 Å². The van der Waals surface area contributed by atoms with Crippen LogP contribution < -0.4 is 5.73 Å². The van der Waals surface area contributed by atoms with Gasteiger partial charge in [0.15, 0.2) is 0 Å². The normalized spacial score (nSPS) is 11.1. The summed E-state index contributed by atoms with van der Waals surface area (Å²) in [7, 11) is 0. The lowest BCUT2D eigenvalue weighted by Crippen LogP contribution is -2.01. The van der Waals surface area contributed by atoms with Crippen molar-refractivity contribution in [3.05, 3.63) is 41.2 Å². The molecule has 0 saturated heterocycles. The van der Waals surface area contributed by atoms with Gasteiger partial charge in [0.25, 0.3) is 5.89 Å². The van der Waals surface area contributed by atoms with E-state index in [1.807, 2.05) is 42.8 Å². The molecule has 6 nitrogen and oxygen atoms in total. The molecule has 2 heterocycles. The molecule has 0 aliphatic heterocycles. The van der Waals surface area contributed by atoms with Crippen molar-refractivity contribution < 1.29 is 4.52 Å². The molecule has 0 fully saturated rings. The van der Waals surface area contributed by atoms with Crippen LogP contribution in [0.5, 0.6) is 0 Å². The van der Waals surface area contributed by atoms with Crippen LogP contribution in [0.15, 0.2) is 28.8 Å². The molecule has 2 aromatic heterocycles. The Morgan fingerprint density at radius 3 is 2.57 bits per heavy atom. The van der Waals surface area contributed by atoms with Crippen LogP contribution in [-0.4, -0.2) is 19.9 Å². The third-order valence-corrected chi connectivity index (χ3v) is 3.90. The first-order valence-corrected chi connectivity index (χ1v) is 7.81. The van der Waals surface area contributed by atoms with Gasteiger partial charge in [-0.1, -0.05) is 36.3 Å². The summed E-state index contributed by atoms with van der Waals surface area (Å²) in [6, 6.07) is 7.86. The van der Waals surface area contributed by atoms with Gasteiger partial charge in [-0.15, -0.1) is 0 Å². The van der Waals surface area contributed by atoms with Gasteiger partial charge in [0.05, 0.1) is 11.3 Å². The third kappa shape index (κ3) is 2.90. The minimum Gasteiger partial charge on any atom is -0.333 e. The average Bonchev–Trinajstić information content (AvgIpc) is 3.13. The second kappa shape index (κ2) is 6.34. The average molecular weight is 311 g/mol. The molecule has 0 unspecified atom stereocenters. The van der Waals surface area contributed by atoms with E-state index in [2.05, 4.69) is 22.2 Å². The van der Waals surface area contributed by atoms with Crippen LogP contribution in [0.4, 0.5) is 0 Å². The van der Waals surface area contributed by atoms with Crippen molar-refractivity contribution in [3.63, 3.8) is 0 Å². The zero-order valence-corrected chi connectivity index (χ0v) is 13.7. The molecule has 0 atom stereocenters. The summed E-state index contributed by atoms with van der Waals surface area (Å²) in [4.78, 5) is 4.54. The van der Waals surface area contributed by atoms with E-state index in [0.29, 0.717) is 18.3 Å². The molecule has 0 amide bonds. The zero-order valence-electron chi connectivity index (χ0n) is 13.7. The van der Waals surface area contributed by atoms with E-state index in [1.54, 1.807) is 0 Å². The van der Waals surface area contributed by atoms with E-state index in [9.17, 15) is 0 Å². The topological polar surface area (TPSA) is 82.8 Å². The van der Waals surface area contributed by atoms with Gasteiger partial charge in [0, 0.05) is 24.3 Å². The Balaban J connectivity index is 1.95. The van der Waals surface area contributed by atoms with Crippen LogP contribution in [0.2, 0.25) is 0 Å². The van der Waals surface area contributed by atoms with Gasteiger partial charge in [-0.3, -0.25) is 4.68 Å². The van der Waals surface area contributed by atoms with E-state index < -0.39 is 0 Å². The molecular formula is C17H21N5O. The Morgan fingerprint density at radius 2 is 1.91 bits per heavy atom. The first kappa shape index (κ1) is 15.4. The highest BCUT2D eigenvalue weighted by Gasteiger charge is 2.19. The van der Waals surface area contributed by atoms with E-state index >= 15 is 0 Å². The van der Waals surface area contributed by atoms with Crippen molar-refractivity contribution in [1.29, 1.82) is 0 Å². The predicted octanol–water partition coefficient (Wildman–Crippen LogP) is 3.09. The Hall–Kier alpha value is -2.47. The lowest BCUT2D eigenvalue weighted by molar-refractivity contribution is 0.431. The number of aromatic nitrogens is 4. The van der Waals surface area contributed by atoms with Crippen molar-refractivity contribution in [2.24, 2.45) is 5.73 Å². The van der Waals surface area contributed by atoms with Crippen molar-refractivity contribution in [3.8, 4) is 22.8 Å². The van der Waals surface area contributed by atoms with E-state index in [-0.39, 0.29) is 0 Å². The molecule has 3 rings (SSSR count). The highest BCUT2D eigenvalue weighted by atomic mass is 16.5. The summed E-state index contributed by atoms with van der Waals surface area (Å²) in [5.41, 5.74) is 10.5. The molecule has 6 heteroatoms. The molecule has 0 spiro atoms. The summed E-state index contributed by atoms with van der Waals surface area (Å²) in [6.07, 6.45) is 1.03. The maximum atomic E-state index is 5.62. The van der Waals surface area contributed by atoms with Crippen LogP contribution in [0.1, 0.15) is 30.3 Å². The maximum Gasteiger partial charge on any atom is 0.261 e. The molecule has 0 radical (unpaired) electrons. The Morgan fingerprint density at radius 1 is 1.17 bits per heavy atom. The lowest BCUT2D eigenvalue weighted by Gasteiger charge is -2.00. The first-order valence-electron chi connectivity index (χ1n) is 7.81. The Labute approximate surface area is 135 Å². The largest absolute Gasteiger partial charge is 0.333 e. The minimum absolute atomic E-state index is 0.514. The van der Waals surface area contributed by atoms with Gasteiger partial charge in [-0.05, 0) is 25.8 Å². The summed E-state index contributed by atoms with van der Waals surface area (Å²) in [5, 5.41) is 8.66. The standard InChI is InChI=1S/C17H21N5O/c1-4-9-22-12(3)15(11(2)20-22)17-19-16(21-23-17)14-7-5-13(10-18)6-8-14/h5-8H,4,9-10,18H2,1-3H3. The SMILES string of the molecule is CCCn1nc(C)c(-c2nc(-c3ccc(CN)cc3)no2)c1C. The molecule has 120 valence electrons. The second-order valence-corrected chi connectivity index (χ2v) is 5.59. The van der Waals surface area contributed by atoms with Crippen molar-refractivity contribution in [2.75, 3.05) is 0 Å². The van der Waals surface area contributed by atoms with E-state index in [0.717, 1.165) is 41.0 Å². The summed E-state index contributed by atoms with van der Waals surface area (Å²) >= 11 is 0. The highest BCUT2D eigenvalue weighted by molar-refractivity contribution is 5.63. The molecule has 2 N–H and O–H groups in total. The fourth-order valence-electron chi connectivity index (χ4n) is 2.67. The van der Waals surface area contributed by atoms with Crippen molar-refractivity contribution in [2.45, 2.75) is 40.3 Å². The quantitative estimate of drug-likeness (QED) is 0.783. The summed E-state index contributed by atoms with van der Waals surface area (Å²) in [5.74, 6) is 1.09. The van der Waals surface area contributed by atoms with Gasteiger partial charge in [0.1, 0.15) is 0 Å². The highest BCUT2D eigenvalue weighted by Crippen LogP contribution is 2.27. The van der Waals surface area contributed by atoms with Gasteiger partial charge in [-0.2, -0.15) is 10.1 Å². The van der Waals surface area contributed by atoms with Crippen molar-refractivity contribution in [1.82, 2.24) is 19.9 Å².